The summed E-state index contributed by atoms with van der Waals surface area (Å²) in [6.45, 7) is 0.342. The molecule has 0 radical (unpaired) electrons. The molecule has 0 aliphatic rings. The Morgan fingerprint density at radius 2 is 2.22 bits per heavy atom. The lowest BCUT2D eigenvalue weighted by atomic mass is 10.7. The number of likely N-dealkylation sites (N-methyl/N-ethyl adjacent to an activating group) is 1. The van der Waals surface area contributed by atoms with Crippen LogP contribution in [-0.4, -0.2) is 33.2 Å². The third-order valence-electron chi connectivity index (χ3n) is 0.584. The molecule has 0 atom stereocenters. The minimum atomic E-state index is -4.24. The number of nitrogens with one attached hydrogen (secondary N) is 1. The van der Waals surface area contributed by atoms with Crippen LogP contribution in [0.2, 0.25) is 0 Å². The van der Waals surface area contributed by atoms with Gasteiger partial charge in [0.2, 0.25) is 0 Å². The molecule has 0 bridgehead atoms. The van der Waals surface area contributed by atoms with Crippen LogP contribution in [0, 0.1) is 0 Å². The number of hydrogen-bond acceptors (Lipinski definition) is 4. The van der Waals surface area contributed by atoms with Crippen LogP contribution in [0.4, 0.5) is 0 Å². The molecule has 0 heterocycles. The lowest BCUT2D eigenvalue weighted by Crippen LogP contribution is -2.16. The van der Waals surface area contributed by atoms with Gasteiger partial charge in [0.05, 0.1) is 6.61 Å². The maximum atomic E-state index is 9.81. The van der Waals surface area contributed by atoms with Crippen molar-refractivity contribution < 1.29 is 17.2 Å². The minimum Gasteiger partial charge on any atom is -0.317 e. The van der Waals surface area contributed by atoms with E-state index < -0.39 is 10.4 Å². The fraction of sp³-hybridized carbons (Fsp3) is 1.00. The van der Waals surface area contributed by atoms with Gasteiger partial charge in [-0.25, -0.2) is 4.18 Å². The Morgan fingerprint density at radius 3 is 2.56 bits per heavy atom. The highest BCUT2D eigenvalue weighted by Gasteiger charge is 2.00. The van der Waals surface area contributed by atoms with E-state index in [0.717, 1.165) is 0 Å². The van der Waals surface area contributed by atoms with Crippen LogP contribution in [-0.2, 0) is 14.6 Å². The smallest absolute Gasteiger partial charge is 0.317 e. The minimum absolute atomic E-state index is 0.0463. The fourth-order valence-corrected chi connectivity index (χ4v) is 0.543. The maximum absolute atomic E-state index is 9.81. The Labute approximate surface area is 54.0 Å². The summed E-state index contributed by atoms with van der Waals surface area (Å²) < 4.78 is 31.5. The van der Waals surface area contributed by atoms with Crippen LogP contribution in [0.25, 0.3) is 0 Å². The Kier molecular flexibility index (Phi) is 3.71. The van der Waals surface area contributed by atoms with Gasteiger partial charge < -0.3 is 5.32 Å². The zero-order valence-electron chi connectivity index (χ0n) is 4.99. The molecule has 9 heavy (non-hydrogen) atoms. The predicted octanol–water partition coefficient (Wildman–Crippen LogP) is -0.975. The first-order valence-electron chi connectivity index (χ1n) is 2.32. The summed E-state index contributed by atoms with van der Waals surface area (Å²) in [6.07, 6.45) is 0. The van der Waals surface area contributed by atoms with Crippen molar-refractivity contribution in [3.8, 4) is 0 Å². The Morgan fingerprint density at radius 1 is 1.67 bits per heavy atom. The molecule has 56 valence electrons. The van der Waals surface area contributed by atoms with E-state index in [4.69, 9.17) is 4.55 Å². The molecular weight excluding hydrogens is 146 g/mol. The molecule has 0 amide bonds. The molecule has 0 aliphatic heterocycles. The van der Waals surface area contributed by atoms with Crippen molar-refractivity contribution in [2.45, 2.75) is 0 Å². The molecule has 0 rings (SSSR count). The summed E-state index contributed by atoms with van der Waals surface area (Å²) in [5, 5.41) is 2.64. The fourth-order valence-electron chi connectivity index (χ4n) is 0.249. The van der Waals surface area contributed by atoms with Crippen molar-refractivity contribution in [2.75, 3.05) is 20.2 Å². The average Bonchev–Trinajstić information content (AvgIpc) is 1.63. The van der Waals surface area contributed by atoms with Gasteiger partial charge in [-0.3, -0.25) is 4.55 Å². The second-order valence-electron chi connectivity index (χ2n) is 1.35. The monoisotopic (exact) mass is 155 g/mol. The van der Waals surface area contributed by atoms with Crippen molar-refractivity contribution in [3.05, 3.63) is 0 Å². The topological polar surface area (TPSA) is 75.6 Å². The molecular formula is C3H9NO4S. The Balaban J connectivity index is 3.30. The van der Waals surface area contributed by atoms with Crippen molar-refractivity contribution in [2.24, 2.45) is 0 Å². The van der Waals surface area contributed by atoms with Gasteiger partial charge in [0.25, 0.3) is 0 Å². The molecule has 2 N–H and O–H groups in total. The van der Waals surface area contributed by atoms with E-state index >= 15 is 0 Å². The van der Waals surface area contributed by atoms with E-state index in [1.807, 2.05) is 0 Å². The Hall–Kier alpha value is -0.170. The molecule has 6 heteroatoms. The SMILES string of the molecule is CNCCOS(=O)(=O)O. The van der Waals surface area contributed by atoms with Crippen LogP contribution in [0.5, 0.6) is 0 Å². The van der Waals surface area contributed by atoms with Crippen molar-refractivity contribution in [3.63, 3.8) is 0 Å². The molecule has 0 spiro atoms. The highest BCUT2D eigenvalue weighted by Crippen LogP contribution is 1.82. The largest absolute Gasteiger partial charge is 0.397 e. The molecule has 0 aliphatic carbocycles. The molecule has 0 fully saturated rings. The quantitative estimate of drug-likeness (QED) is 0.403. The van der Waals surface area contributed by atoms with Gasteiger partial charge in [0, 0.05) is 6.54 Å². The van der Waals surface area contributed by atoms with Gasteiger partial charge in [-0.2, -0.15) is 8.42 Å². The Bertz CT molecular complexity index is 151. The summed E-state index contributed by atoms with van der Waals surface area (Å²) >= 11 is 0. The highest BCUT2D eigenvalue weighted by atomic mass is 32.3. The van der Waals surface area contributed by atoms with Crippen molar-refractivity contribution >= 4 is 10.4 Å². The molecule has 0 saturated heterocycles. The van der Waals surface area contributed by atoms with Crippen LogP contribution in [0.15, 0.2) is 0 Å². The summed E-state index contributed by atoms with van der Waals surface area (Å²) in [5.74, 6) is 0. The van der Waals surface area contributed by atoms with Gasteiger partial charge in [-0.05, 0) is 7.05 Å². The third-order valence-corrected chi connectivity index (χ3v) is 1.05. The summed E-state index contributed by atoms with van der Waals surface area (Å²) in [5.41, 5.74) is 0. The van der Waals surface area contributed by atoms with Gasteiger partial charge in [0.15, 0.2) is 0 Å². The van der Waals surface area contributed by atoms with Crippen molar-refractivity contribution in [1.82, 2.24) is 5.32 Å². The third kappa shape index (κ3) is 7.83. The van der Waals surface area contributed by atoms with E-state index in [0.29, 0.717) is 6.54 Å². The van der Waals surface area contributed by atoms with Crippen LogP contribution in [0.3, 0.4) is 0 Å². The van der Waals surface area contributed by atoms with Gasteiger partial charge in [0.1, 0.15) is 0 Å². The molecule has 0 unspecified atom stereocenters. The van der Waals surface area contributed by atoms with Gasteiger partial charge in [-0.15, -0.1) is 0 Å². The second-order valence-corrected chi connectivity index (χ2v) is 2.44. The van der Waals surface area contributed by atoms with Gasteiger partial charge in [-0.1, -0.05) is 0 Å². The van der Waals surface area contributed by atoms with E-state index in [1.54, 1.807) is 7.05 Å². The summed E-state index contributed by atoms with van der Waals surface area (Å²) in [4.78, 5) is 0. The van der Waals surface area contributed by atoms with E-state index in [-0.39, 0.29) is 6.61 Å². The van der Waals surface area contributed by atoms with Crippen molar-refractivity contribution in [1.29, 1.82) is 0 Å². The highest BCUT2D eigenvalue weighted by molar-refractivity contribution is 7.80. The molecule has 0 aromatic carbocycles. The van der Waals surface area contributed by atoms with Crippen LogP contribution < -0.4 is 5.32 Å². The number of rotatable bonds is 4. The molecule has 0 aromatic heterocycles. The first-order valence-corrected chi connectivity index (χ1v) is 3.69. The van der Waals surface area contributed by atoms with Crippen LogP contribution in [0.1, 0.15) is 0 Å². The van der Waals surface area contributed by atoms with Gasteiger partial charge >= 0.3 is 10.4 Å². The summed E-state index contributed by atoms with van der Waals surface area (Å²) in [7, 11) is -2.59. The van der Waals surface area contributed by atoms with E-state index in [2.05, 4.69) is 9.50 Å². The summed E-state index contributed by atoms with van der Waals surface area (Å²) in [6, 6.07) is 0. The van der Waals surface area contributed by atoms with E-state index in [9.17, 15) is 8.42 Å². The standard InChI is InChI=1S/C3H9NO4S/c1-4-2-3-8-9(5,6)7/h4H,2-3H2,1H3,(H,5,6,7). The molecule has 5 nitrogen and oxygen atoms in total. The lowest BCUT2D eigenvalue weighted by molar-refractivity contribution is 0.270. The number of hydrogen-bond donors (Lipinski definition) is 2. The average molecular weight is 155 g/mol. The first kappa shape index (κ1) is 8.83. The molecule has 0 aromatic rings. The first-order chi connectivity index (χ1) is 4.06. The van der Waals surface area contributed by atoms with Crippen LogP contribution >= 0.6 is 0 Å². The second kappa shape index (κ2) is 3.78. The predicted molar refractivity (Wildman–Crippen MR) is 31.4 cm³/mol. The van der Waals surface area contributed by atoms with E-state index in [1.165, 1.54) is 0 Å². The normalized spacial score (nSPS) is 11.8. The zero-order valence-corrected chi connectivity index (χ0v) is 5.81. The zero-order chi connectivity index (χ0) is 7.33. The molecule has 0 saturated carbocycles. The maximum Gasteiger partial charge on any atom is 0.397 e. The lowest BCUT2D eigenvalue weighted by Gasteiger charge is -1.96.